The van der Waals surface area contributed by atoms with Crippen LogP contribution in [0.2, 0.25) is 0 Å². The van der Waals surface area contributed by atoms with Gasteiger partial charge in [0.05, 0.1) is 0 Å². The van der Waals surface area contributed by atoms with Gasteiger partial charge in [0.25, 0.3) is 0 Å². The number of hydrogen-bond donors (Lipinski definition) is 0. The molecule has 1 aliphatic rings. The van der Waals surface area contributed by atoms with Crippen LogP contribution in [0.1, 0.15) is 22.8 Å². The summed E-state index contributed by atoms with van der Waals surface area (Å²) >= 11 is 0. The highest BCUT2D eigenvalue weighted by Gasteiger charge is 2.35. The maximum atomic E-state index is 12.5. The summed E-state index contributed by atoms with van der Waals surface area (Å²) < 4.78 is 0. The fourth-order valence-corrected chi connectivity index (χ4v) is 2.84. The van der Waals surface area contributed by atoms with Gasteiger partial charge in [-0.2, -0.15) is 10.5 Å². The summed E-state index contributed by atoms with van der Waals surface area (Å²) in [4.78, 5) is 12.5. The van der Waals surface area contributed by atoms with Crippen molar-refractivity contribution in [3.63, 3.8) is 0 Å². The van der Waals surface area contributed by atoms with Crippen molar-refractivity contribution >= 4 is 22.1 Å². The molecule has 3 rings (SSSR count). The molecule has 94 valence electrons. The highest BCUT2D eigenvalue weighted by molar-refractivity contribution is 6.21. The Morgan fingerprint density at radius 3 is 2.50 bits per heavy atom. The highest BCUT2D eigenvalue weighted by Crippen LogP contribution is 2.41. The number of carbonyl (C=O) groups excluding carboxylic acids is 1. The molecule has 0 aliphatic heterocycles. The number of Topliss-reactive ketones (excluding diaryl/α,β-unsaturated/α-hetero) is 1. The van der Waals surface area contributed by atoms with Gasteiger partial charge >= 0.3 is 0 Å². The van der Waals surface area contributed by atoms with Crippen LogP contribution in [-0.2, 0) is 0 Å². The van der Waals surface area contributed by atoms with Crippen LogP contribution >= 0.6 is 0 Å². The first kappa shape index (κ1) is 12.1. The zero-order valence-corrected chi connectivity index (χ0v) is 10.8. The molecule has 0 saturated carbocycles. The Hall–Kier alpha value is -2.91. The molecule has 2 aromatic carbocycles. The Labute approximate surface area is 116 Å². The number of benzene rings is 2. The summed E-state index contributed by atoms with van der Waals surface area (Å²) in [5, 5.41) is 20.0. The molecule has 0 heterocycles. The van der Waals surface area contributed by atoms with Gasteiger partial charge in [-0.05, 0) is 21.9 Å². The van der Waals surface area contributed by atoms with E-state index < -0.39 is 5.92 Å². The molecule has 1 atom stereocenters. The normalized spacial score (nSPS) is 16.6. The molecule has 0 N–H and O–H groups in total. The SMILES string of the molecule is CC1C(=O)c2c(ccc3ccccc23)C1=C(C#N)C#N. The zero-order chi connectivity index (χ0) is 14.3. The maximum Gasteiger partial charge on any atom is 0.171 e. The third-order valence-electron chi connectivity index (χ3n) is 3.78. The zero-order valence-electron chi connectivity index (χ0n) is 10.8. The first-order valence-corrected chi connectivity index (χ1v) is 6.29. The summed E-state index contributed by atoms with van der Waals surface area (Å²) in [7, 11) is 0. The van der Waals surface area contributed by atoms with E-state index in [0.29, 0.717) is 11.1 Å². The quantitative estimate of drug-likeness (QED) is 0.679. The predicted octanol–water partition coefficient (Wildman–Crippen LogP) is 3.47. The van der Waals surface area contributed by atoms with Crippen LogP contribution in [0.4, 0.5) is 0 Å². The molecule has 20 heavy (non-hydrogen) atoms. The van der Waals surface area contributed by atoms with E-state index in [1.807, 2.05) is 48.5 Å². The van der Waals surface area contributed by atoms with Crippen LogP contribution in [0, 0.1) is 28.6 Å². The second-order valence-electron chi connectivity index (χ2n) is 4.81. The van der Waals surface area contributed by atoms with Crippen molar-refractivity contribution in [2.24, 2.45) is 5.92 Å². The van der Waals surface area contributed by atoms with E-state index in [-0.39, 0.29) is 11.4 Å². The largest absolute Gasteiger partial charge is 0.293 e. The monoisotopic (exact) mass is 258 g/mol. The van der Waals surface area contributed by atoms with E-state index in [4.69, 9.17) is 10.5 Å². The molecule has 3 heteroatoms. The lowest BCUT2D eigenvalue weighted by Crippen LogP contribution is -2.04. The highest BCUT2D eigenvalue weighted by atomic mass is 16.1. The van der Waals surface area contributed by atoms with E-state index in [1.165, 1.54) is 0 Å². The Morgan fingerprint density at radius 1 is 1.10 bits per heavy atom. The minimum absolute atomic E-state index is 0.0187. The van der Waals surface area contributed by atoms with Crippen molar-refractivity contribution in [3.05, 3.63) is 53.1 Å². The lowest BCUT2D eigenvalue weighted by molar-refractivity contribution is 0.0967. The molecular weight excluding hydrogens is 248 g/mol. The Bertz CT molecular complexity index is 847. The number of rotatable bonds is 0. The molecule has 1 unspecified atom stereocenters. The Morgan fingerprint density at radius 2 is 1.80 bits per heavy atom. The van der Waals surface area contributed by atoms with Gasteiger partial charge in [0.2, 0.25) is 0 Å². The van der Waals surface area contributed by atoms with Crippen LogP contribution in [0.5, 0.6) is 0 Å². The predicted molar refractivity (Wildman–Crippen MR) is 75.6 cm³/mol. The standard InChI is InChI=1S/C17H10N2O/c1-10-15(12(8-18)9-19)14-7-6-11-4-2-3-5-13(11)16(14)17(10)20/h2-7,10H,1H3. The van der Waals surface area contributed by atoms with E-state index in [2.05, 4.69) is 0 Å². The molecule has 0 radical (unpaired) electrons. The summed E-state index contributed by atoms with van der Waals surface area (Å²) in [6.07, 6.45) is 0. The van der Waals surface area contributed by atoms with Crippen LogP contribution in [0.3, 0.4) is 0 Å². The smallest absolute Gasteiger partial charge is 0.171 e. The van der Waals surface area contributed by atoms with Gasteiger partial charge in [-0.15, -0.1) is 0 Å². The summed E-state index contributed by atoms with van der Waals surface area (Å²) in [6, 6.07) is 15.2. The molecule has 0 amide bonds. The molecule has 2 aromatic rings. The van der Waals surface area contributed by atoms with Gasteiger partial charge in [0.15, 0.2) is 5.78 Å². The second kappa shape index (κ2) is 4.33. The number of allylic oxidation sites excluding steroid dienone is 2. The number of ketones is 1. The fourth-order valence-electron chi connectivity index (χ4n) is 2.84. The van der Waals surface area contributed by atoms with E-state index >= 15 is 0 Å². The molecule has 0 saturated heterocycles. The lowest BCUT2D eigenvalue weighted by atomic mass is 9.96. The van der Waals surface area contributed by atoms with Gasteiger partial charge in [0.1, 0.15) is 17.7 Å². The fraction of sp³-hybridized carbons (Fsp3) is 0.118. The van der Waals surface area contributed by atoms with Gasteiger partial charge < -0.3 is 0 Å². The Kier molecular flexibility index (Phi) is 2.63. The third-order valence-corrected chi connectivity index (χ3v) is 3.78. The molecule has 3 nitrogen and oxygen atoms in total. The Balaban J connectivity index is 2.45. The topological polar surface area (TPSA) is 64.7 Å². The molecule has 1 aliphatic carbocycles. The van der Waals surface area contributed by atoms with Crippen molar-refractivity contribution < 1.29 is 4.79 Å². The van der Waals surface area contributed by atoms with Gasteiger partial charge in [-0.3, -0.25) is 4.79 Å². The van der Waals surface area contributed by atoms with Gasteiger partial charge in [-0.25, -0.2) is 0 Å². The van der Waals surface area contributed by atoms with E-state index in [0.717, 1.165) is 16.3 Å². The van der Waals surface area contributed by atoms with Crippen molar-refractivity contribution in [1.82, 2.24) is 0 Å². The second-order valence-corrected chi connectivity index (χ2v) is 4.81. The van der Waals surface area contributed by atoms with Crippen molar-refractivity contribution in [3.8, 4) is 12.1 Å². The summed E-state index contributed by atoms with van der Waals surface area (Å²) in [5.41, 5.74) is 1.94. The van der Waals surface area contributed by atoms with Crippen molar-refractivity contribution in [2.45, 2.75) is 6.92 Å². The van der Waals surface area contributed by atoms with E-state index in [1.54, 1.807) is 6.92 Å². The van der Waals surface area contributed by atoms with E-state index in [9.17, 15) is 4.79 Å². The average molecular weight is 258 g/mol. The molecule has 0 aromatic heterocycles. The van der Waals surface area contributed by atoms with Crippen LogP contribution in [0.25, 0.3) is 16.3 Å². The number of hydrogen-bond acceptors (Lipinski definition) is 3. The first-order chi connectivity index (χ1) is 9.69. The lowest BCUT2D eigenvalue weighted by Gasteiger charge is -2.05. The maximum absolute atomic E-state index is 12.5. The minimum Gasteiger partial charge on any atom is -0.293 e. The van der Waals surface area contributed by atoms with Crippen LogP contribution < -0.4 is 0 Å². The van der Waals surface area contributed by atoms with Crippen LogP contribution in [-0.4, -0.2) is 5.78 Å². The number of nitriles is 2. The average Bonchev–Trinajstić information content (AvgIpc) is 2.74. The first-order valence-electron chi connectivity index (χ1n) is 6.29. The molecule has 0 fully saturated rings. The number of nitrogens with zero attached hydrogens (tertiary/aromatic N) is 2. The number of carbonyl (C=O) groups is 1. The minimum atomic E-state index is -0.440. The molecule has 0 spiro atoms. The van der Waals surface area contributed by atoms with Crippen molar-refractivity contribution in [1.29, 1.82) is 10.5 Å². The van der Waals surface area contributed by atoms with Gasteiger partial charge in [-0.1, -0.05) is 43.3 Å². The third kappa shape index (κ3) is 1.47. The molecule has 0 bridgehead atoms. The summed E-state index contributed by atoms with van der Waals surface area (Å²) in [5.74, 6) is -0.458. The molecular formula is C17H10N2O. The number of fused-ring (bicyclic) bond motifs is 3. The summed E-state index contributed by atoms with van der Waals surface area (Å²) in [6.45, 7) is 1.75. The van der Waals surface area contributed by atoms with Gasteiger partial charge in [0, 0.05) is 11.5 Å². The van der Waals surface area contributed by atoms with Crippen LogP contribution in [0.15, 0.2) is 42.0 Å². The van der Waals surface area contributed by atoms with Crippen molar-refractivity contribution in [2.75, 3.05) is 0 Å².